The number of imidazole rings is 1. The lowest BCUT2D eigenvalue weighted by Crippen LogP contribution is -2.43. The summed E-state index contributed by atoms with van der Waals surface area (Å²) in [5, 5.41) is 6.90. The SMILES string of the molecule is CN=C(NCc1ccc(-n2ccnc2C)nc1)NC1CCCCC1.I. The quantitative estimate of drug-likeness (QED) is 0.423. The van der Waals surface area contributed by atoms with E-state index in [1.165, 1.54) is 32.1 Å². The summed E-state index contributed by atoms with van der Waals surface area (Å²) in [6, 6.07) is 4.65. The van der Waals surface area contributed by atoms with Crippen molar-refractivity contribution in [2.75, 3.05) is 7.05 Å². The van der Waals surface area contributed by atoms with Crippen LogP contribution in [0.3, 0.4) is 0 Å². The second kappa shape index (κ2) is 9.74. The van der Waals surface area contributed by atoms with Gasteiger partial charge in [0, 0.05) is 38.2 Å². The van der Waals surface area contributed by atoms with Gasteiger partial charge in [-0.05, 0) is 31.4 Å². The van der Waals surface area contributed by atoms with Crippen molar-refractivity contribution >= 4 is 29.9 Å². The molecular formula is C18H27IN6. The summed E-state index contributed by atoms with van der Waals surface area (Å²) in [6.07, 6.45) is 12.1. The molecule has 6 nitrogen and oxygen atoms in total. The summed E-state index contributed by atoms with van der Waals surface area (Å²) in [7, 11) is 1.82. The van der Waals surface area contributed by atoms with E-state index >= 15 is 0 Å². The Kier molecular flexibility index (Phi) is 7.67. The summed E-state index contributed by atoms with van der Waals surface area (Å²) >= 11 is 0. The molecule has 0 saturated heterocycles. The van der Waals surface area contributed by atoms with Gasteiger partial charge in [-0.1, -0.05) is 25.3 Å². The molecule has 136 valence electrons. The Labute approximate surface area is 166 Å². The molecule has 1 fully saturated rings. The molecule has 2 heterocycles. The zero-order valence-electron chi connectivity index (χ0n) is 14.9. The van der Waals surface area contributed by atoms with E-state index in [1.54, 1.807) is 6.20 Å². The van der Waals surface area contributed by atoms with E-state index in [4.69, 9.17) is 0 Å². The minimum absolute atomic E-state index is 0. The molecular weight excluding hydrogens is 427 g/mol. The van der Waals surface area contributed by atoms with Gasteiger partial charge in [-0.25, -0.2) is 9.97 Å². The van der Waals surface area contributed by atoms with Crippen LogP contribution in [0.2, 0.25) is 0 Å². The van der Waals surface area contributed by atoms with Crippen LogP contribution in [0.15, 0.2) is 35.7 Å². The first kappa shape index (κ1) is 19.7. The van der Waals surface area contributed by atoms with Crippen LogP contribution in [0.4, 0.5) is 0 Å². The Hall–Kier alpha value is -1.64. The molecule has 2 aromatic rings. The van der Waals surface area contributed by atoms with Crippen LogP contribution in [0.1, 0.15) is 43.5 Å². The van der Waals surface area contributed by atoms with Crippen LogP contribution in [0.25, 0.3) is 5.82 Å². The molecule has 0 amide bonds. The molecule has 2 N–H and O–H groups in total. The average Bonchev–Trinajstić information content (AvgIpc) is 3.06. The van der Waals surface area contributed by atoms with Gasteiger partial charge in [0.2, 0.25) is 0 Å². The summed E-state index contributed by atoms with van der Waals surface area (Å²) in [4.78, 5) is 13.1. The van der Waals surface area contributed by atoms with Gasteiger partial charge >= 0.3 is 0 Å². The van der Waals surface area contributed by atoms with Crippen molar-refractivity contribution < 1.29 is 0 Å². The summed E-state index contributed by atoms with van der Waals surface area (Å²) in [6.45, 7) is 2.68. The average molecular weight is 454 g/mol. The van der Waals surface area contributed by atoms with Gasteiger partial charge in [0.15, 0.2) is 5.96 Å². The van der Waals surface area contributed by atoms with E-state index in [2.05, 4.69) is 31.7 Å². The Morgan fingerprint density at radius 1 is 1.24 bits per heavy atom. The fraction of sp³-hybridized carbons (Fsp3) is 0.500. The maximum Gasteiger partial charge on any atom is 0.191 e. The molecule has 0 atom stereocenters. The predicted octanol–water partition coefficient (Wildman–Crippen LogP) is 3.19. The fourth-order valence-electron chi connectivity index (χ4n) is 3.10. The molecule has 25 heavy (non-hydrogen) atoms. The second-order valence-corrected chi connectivity index (χ2v) is 6.27. The highest BCUT2D eigenvalue weighted by Gasteiger charge is 2.14. The number of aromatic nitrogens is 3. The Balaban J connectivity index is 0.00000225. The van der Waals surface area contributed by atoms with Crippen molar-refractivity contribution in [3.8, 4) is 5.82 Å². The molecule has 0 unspecified atom stereocenters. The van der Waals surface area contributed by atoms with Crippen molar-refractivity contribution in [2.45, 2.75) is 51.6 Å². The van der Waals surface area contributed by atoms with Gasteiger partial charge in [-0.3, -0.25) is 9.56 Å². The van der Waals surface area contributed by atoms with Crippen LogP contribution in [0, 0.1) is 6.92 Å². The van der Waals surface area contributed by atoms with Gasteiger partial charge in [0.1, 0.15) is 11.6 Å². The Bertz CT molecular complexity index is 673. The summed E-state index contributed by atoms with van der Waals surface area (Å²) in [5.74, 6) is 2.69. The number of nitrogens with zero attached hydrogens (tertiary/aromatic N) is 4. The van der Waals surface area contributed by atoms with E-state index in [0.29, 0.717) is 12.6 Å². The largest absolute Gasteiger partial charge is 0.354 e. The Morgan fingerprint density at radius 2 is 2.04 bits per heavy atom. The first-order valence-corrected chi connectivity index (χ1v) is 8.68. The monoisotopic (exact) mass is 454 g/mol. The molecule has 0 aromatic carbocycles. The maximum atomic E-state index is 4.52. The van der Waals surface area contributed by atoms with Crippen LogP contribution < -0.4 is 10.6 Å². The minimum Gasteiger partial charge on any atom is -0.354 e. The minimum atomic E-state index is 0. The van der Waals surface area contributed by atoms with E-state index in [1.807, 2.05) is 37.0 Å². The molecule has 0 spiro atoms. The number of aryl methyl sites for hydroxylation is 1. The van der Waals surface area contributed by atoms with Gasteiger partial charge < -0.3 is 10.6 Å². The van der Waals surface area contributed by atoms with Gasteiger partial charge in [0.05, 0.1) is 0 Å². The number of halogens is 1. The molecule has 0 bridgehead atoms. The number of nitrogens with one attached hydrogen (secondary N) is 2. The highest BCUT2D eigenvalue weighted by atomic mass is 127. The highest BCUT2D eigenvalue weighted by molar-refractivity contribution is 14.0. The molecule has 7 heteroatoms. The number of guanidine groups is 1. The third-order valence-corrected chi connectivity index (χ3v) is 4.51. The van der Waals surface area contributed by atoms with Gasteiger partial charge in [-0.2, -0.15) is 0 Å². The zero-order valence-corrected chi connectivity index (χ0v) is 17.2. The van der Waals surface area contributed by atoms with Gasteiger partial charge in [-0.15, -0.1) is 24.0 Å². The van der Waals surface area contributed by atoms with Crippen molar-refractivity contribution in [1.29, 1.82) is 0 Å². The zero-order chi connectivity index (χ0) is 16.8. The van der Waals surface area contributed by atoms with E-state index < -0.39 is 0 Å². The van der Waals surface area contributed by atoms with Crippen LogP contribution in [-0.4, -0.2) is 33.6 Å². The second-order valence-electron chi connectivity index (χ2n) is 6.27. The lowest BCUT2D eigenvalue weighted by atomic mass is 9.96. The standard InChI is InChI=1S/C18H26N6.HI/c1-14-20-10-11-24(14)17-9-8-15(12-21-17)13-22-18(19-2)23-16-6-4-3-5-7-16;/h8-12,16H,3-7,13H2,1-2H3,(H2,19,22,23);1H. The number of hydrogen-bond donors (Lipinski definition) is 2. The molecule has 0 aliphatic heterocycles. The number of pyridine rings is 1. The lowest BCUT2D eigenvalue weighted by molar-refractivity contribution is 0.410. The van der Waals surface area contributed by atoms with Crippen molar-refractivity contribution in [2.24, 2.45) is 4.99 Å². The first-order valence-electron chi connectivity index (χ1n) is 8.68. The molecule has 3 rings (SSSR count). The topological polar surface area (TPSA) is 67.1 Å². The molecule has 1 aliphatic carbocycles. The van der Waals surface area contributed by atoms with Crippen molar-refractivity contribution in [3.63, 3.8) is 0 Å². The molecule has 2 aromatic heterocycles. The van der Waals surface area contributed by atoms with Crippen LogP contribution in [-0.2, 0) is 6.54 Å². The molecule has 1 saturated carbocycles. The number of hydrogen-bond acceptors (Lipinski definition) is 3. The highest BCUT2D eigenvalue weighted by Crippen LogP contribution is 2.17. The van der Waals surface area contributed by atoms with Crippen LogP contribution >= 0.6 is 24.0 Å². The number of aliphatic imine (C=N–C) groups is 1. The van der Waals surface area contributed by atoms with E-state index in [-0.39, 0.29) is 24.0 Å². The third kappa shape index (κ3) is 5.42. The van der Waals surface area contributed by atoms with Crippen molar-refractivity contribution in [3.05, 3.63) is 42.1 Å². The summed E-state index contributed by atoms with van der Waals surface area (Å²) in [5.41, 5.74) is 1.13. The first-order chi connectivity index (χ1) is 11.8. The molecule has 0 radical (unpaired) electrons. The smallest absolute Gasteiger partial charge is 0.191 e. The predicted molar refractivity (Wildman–Crippen MR) is 112 cm³/mol. The van der Waals surface area contributed by atoms with E-state index in [0.717, 1.165) is 23.2 Å². The lowest BCUT2D eigenvalue weighted by Gasteiger charge is -2.24. The van der Waals surface area contributed by atoms with Crippen LogP contribution in [0.5, 0.6) is 0 Å². The van der Waals surface area contributed by atoms with Crippen molar-refractivity contribution in [1.82, 2.24) is 25.2 Å². The number of rotatable bonds is 4. The van der Waals surface area contributed by atoms with Gasteiger partial charge in [0.25, 0.3) is 0 Å². The summed E-state index contributed by atoms with van der Waals surface area (Å²) < 4.78 is 1.97. The molecule has 1 aliphatic rings. The maximum absolute atomic E-state index is 4.52. The van der Waals surface area contributed by atoms with E-state index in [9.17, 15) is 0 Å². The fourth-order valence-corrected chi connectivity index (χ4v) is 3.10. The third-order valence-electron chi connectivity index (χ3n) is 4.51. The Morgan fingerprint density at radius 3 is 2.64 bits per heavy atom. The normalized spacial score (nSPS) is 15.5.